The predicted octanol–water partition coefficient (Wildman–Crippen LogP) is 4.43. The van der Waals surface area contributed by atoms with Crippen LogP contribution in [0.1, 0.15) is 90.0 Å². The predicted molar refractivity (Wildman–Crippen MR) is 110 cm³/mol. The summed E-state index contributed by atoms with van der Waals surface area (Å²) in [5.74, 6) is -0.667. The molecule has 164 valence electrons. The number of ether oxygens (including phenoxy) is 2. The molecule has 0 aromatic heterocycles. The van der Waals surface area contributed by atoms with Gasteiger partial charge in [-0.1, -0.05) is 41.5 Å². The number of hydrogen-bond donors (Lipinski definition) is 2. The molecule has 0 aliphatic heterocycles. The van der Waals surface area contributed by atoms with Gasteiger partial charge in [0.15, 0.2) is 5.54 Å². The second-order valence-corrected chi connectivity index (χ2v) is 11.8. The van der Waals surface area contributed by atoms with Gasteiger partial charge in [-0.2, -0.15) is 0 Å². The Morgan fingerprint density at radius 3 is 1.39 bits per heavy atom. The Labute approximate surface area is 170 Å². The highest BCUT2D eigenvalue weighted by atomic mass is 16.6. The highest BCUT2D eigenvalue weighted by molar-refractivity contribution is 5.90. The van der Waals surface area contributed by atoms with Crippen molar-refractivity contribution in [2.75, 3.05) is 0 Å². The zero-order valence-electron chi connectivity index (χ0n) is 20.1. The van der Waals surface area contributed by atoms with E-state index < -0.39 is 50.6 Å². The van der Waals surface area contributed by atoms with Gasteiger partial charge in [-0.3, -0.25) is 0 Å². The van der Waals surface area contributed by atoms with Crippen LogP contribution in [0.15, 0.2) is 0 Å². The summed E-state index contributed by atoms with van der Waals surface area (Å²) < 4.78 is 11.2. The van der Waals surface area contributed by atoms with Crippen molar-refractivity contribution in [2.24, 2.45) is 16.2 Å². The van der Waals surface area contributed by atoms with E-state index in [1.165, 1.54) is 0 Å². The fourth-order valence-corrected chi connectivity index (χ4v) is 4.53. The lowest BCUT2D eigenvalue weighted by Gasteiger charge is -2.49. The number of carbonyl (C=O) groups is 2. The molecule has 0 bridgehead atoms. The fraction of sp³-hybridized carbons (Fsp3) is 0.909. The average molecular weight is 400 g/mol. The second kappa shape index (κ2) is 6.35. The van der Waals surface area contributed by atoms with Gasteiger partial charge in [0.05, 0.1) is 0 Å². The molecule has 1 fully saturated rings. The Balaban J connectivity index is 3.76. The number of hydrogen-bond acceptors (Lipinski definition) is 5. The first-order chi connectivity index (χ1) is 12.0. The topological polar surface area (TPSA) is 84.9 Å². The third kappa shape index (κ3) is 3.31. The van der Waals surface area contributed by atoms with Gasteiger partial charge >= 0.3 is 12.1 Å². The normalized spacial score (nSPS) is 31.2. The van der Waals surface area contributed by atoms with Gasteiger partial charge in [0.2, 0.25) is 0 Å². The van der Waals surface area contributed by atoms with Crippen LogP contribution in [0.5, 0.6) is 0 Å². The van der Waals surface area contributed by atoms with E-state index in [0.717, 1.165) is 0 Å². The minimum Gasteiger partial charge on any atom is -0.458 e. The smallest absolute Gasteiger partial charge is 0.408 e. The molecule has 1 aliphatic rings. The summed E-state index contributed by atoms with van der Waals surface area (Å²) in [5, 5.41) is 14.6. The number of alkyl carbamates (subject to hydrolysis) is 1. The quantitative estimate of drug-likeness (QED) is 0.671. The van der Waals surface area contributed by atoms with Gasteiger partial charge in [-0.15, -0.1) is 0 Å². The number of nitrogens with one attached hydrogen (secondary N) is 1. The third-order valence-electron chi connectivity index (χ3n) is 7.40. The number of aliphatic hydroxyl groups is 1. The van der Waals surface area contributed by atoms with E-state index in [-0.39, 0.29) is 0 Å². The SMILES string of the molecule is CC(C)(C)OC(=O)N[C@@]1(C(=O)OC(C)(C)C)C(C)(C)C(C)(C)C(C)(C)[C@@]1(C)O. The number of rotatable bonds is 2. The molecule has 0 spiro atoms. The summed E-state index contributed by atoms with van der Waals surface area (Å²) >= 11 is 0. The standard InChI is InChI=1S/C22H41NO5/c1-16(2,3)27-14(24)22(23-15(25)28-17(4,5)6)20(11,12)18(7,8)19(9,10)21(22,13)26/h26H,1-13H3,(H,23,25)/t21-,22+/m1/s1. The van der Waals surface area contributed by atoms with Crippen LogP contribution in [0.4, 0.5) is 4.79 Å². The summed E-state index contributed by atoms with van der Waals surface area (Å²) in [6.45, 7) is 23.7. The van der Waals surface area contributed by atoms with Gasteiger partial charge in [0, 0.05) is 10.8 Å². The van der Waals surface area contributed by atoms with E-state index in [0.29, 0.717) is 0 Å². The van der Waals surface area contributed by atoms with Gasteiger partial charge in [-0.05, 0) is 53.9 Å². The van der Waals surface area contributed by atoms with E-state index in [2.05, 4.69) is 5.32 Å². The molecule has 2 atom stereocenters. The van der Waals surface area contributed by atoms with Crippen LogP contribution in [0.3, 0.4) is 0 Å². The molecular weight excluding hydrogens is 358 g/mol. The molecule has 0 radical (unpaired) electrons. The van der Waals surface area contributed by atoms with Crippen molar-refractivity contribution in [3.63, 3.8) is 0 Å². The highest BCUT2D eigenvalue weighted by Gasteiger charge is 2.81. The third-order valence-corrected chi connectivity index (χ3v) is 7.40. The molecule has 1 amide bonds. The maximum atomic E-state index is 13.6. The Kier molecular flexibility index (Phi) is 5.61. The van der Waals surface area contributed by atoms with Crippen molar-refractivity contribution in [3.05, 3.63) is 0 Å². The van der Waals surface area contributed by atoms with Gasteiger partial charge in [-0.25, -0.2) is 9.59 Å². The molecule has 0 unspecified atom stereocenters. The molecule has 0 saturated heterocycles. The zero-order valence-corrected chi connectivity index (χ0v) is 20.1. The average Bonchev–Trinajstić information content (AvgIpc) is 2.43. The maximum absolute atomic E-state index is 13.6. The number of esters is 1. The molecule has 1 saturated carbocycles. The van der Waals surface area contributed by atoms with Crippen LogP contribution in [-0.2, 0) is 14.3 Å². The van der Waals surface area contributed by atoms with Gasteiger partial charge in [0.1, 0.15) is 16.8 Å². The van der Waals surface area contributed by atoms with Crippen LogP contribution >= 0.6 is 0 Å². The molecule has 1 rings (SSSR count). The lowest BCUT2D eigenvalue weighted by molar-refractivity contribution is -0.184. The first-order valence-corrected chi connectivity index (χ1v) is 9.95. The van der Waals surface area contributed by atoms with E-state index in [9.17, 15) is 14.7 Å². The van der Waals surface area contributed by atoms with E-state index in [1.807, 2.05) is 41.5 Å². The summed E-state index contributed by atoms with van der Waals surface area (Å²) in [4.78, 5) is 26.5. The Morgan fingerprint density at radius 1 is 0.714 bits per heavy atom. The van der Waals surface area contributed by atoms with Crippen LogP contribution in [0.25, 0.3) is 0 Å². The van der Waals surface area contributed by atoms with Gasteiger partial charge in [0.25, 0.3) is 0 Å². The van der Waals surface area contributed by atoms with Crippen LogP contribution in [0, 0.1) is 16.2 Å². The second-order valence-electron chi connectivity index (χ2n) is 11.8. The summed E-state index contributed by atoms with van der Waals surface area (Å²) in [5.41, 5.74) is -7.03. The fourth-order valence-electron chi connectivity index (χ4n) is 4.53. The van der Waals surface area contributed by atoms with Crippen molar-refractivity contribution in [3.8, 4) is 0 Å². The van der Waals surface area contributed by atoms with Crippen molar-refractivity contribution in [1.82, 2.24) is 5.32 Å². The van der Waals surface area contributed by atoms with Crippen molar-refractivity contribution < 1.29 is 24.2 Å². The number of amides is 1. The molecule has 2 N–H and O–H groups in total. The van der Waals surface area contributed by atoms with Gasteiger partial charge < -0.3 is 19.9 Å². The lowest BCUT2D eigenvalue weighted by atomic mass is 9.58. The first-order valence-electron chi connectivity index (χ1n) is 9.95. The van der Waals surface area contributed by atoms with Crippen molar-refractivity contribution >= 4 is 12.1 Å². The maximum Gasteiger partial charge on any atom is 0.408 e. The highest BCUT2D eigenvalue weighted by Crippen LogP contribution is 2.71. The molecule has 28 heavy (non-hydrogen) atoms. The largest absolute Gasteiger partial charge is 0.458 e. The molecule has 0 aromatic rings. The minimum absolute atomic E-state index is 0.546. The van der Waals surface area contributed by atoms with E-state index in [4.69, 9.17) is 9.47 Å². The monoisotopic (exact) mass is 399 g/mol. The summed E-state index contributed by atoms with van der Waals surface area (Å²) in [6.07, 6.45) is -0.764. The number of carbonyl (C=O) groups excluding carboxylic acids is 2. The van der Waals surface area contributed by atoms with Crippen LogP contribution in [0.2, 0.25) is 0 Å². The van der Waals surface area contributed by atoms with Crippen molar-refractivity contribution in [2.45, 2.75) is 112 Å². The molecule has 0 heterocycles. The lowest BCUT2D eigenvalue weighted by Crippen LogP contribution is -2.73. The molecule has 6 heteroatoms. The van der Waals surface area contributed by atoms with E-state index >= 15 is 0 Å². The zero-order chi connectivity index (χ0) is 22.8. The Bertz CT molecular complexity index is 619. The molecule has 6 nitrogen and oxygen atoms in total. The molecule has 0 aromatic carbocycles. The Morgan fingerprint density at radius 2 is 1.11 bits per heavy atom. The molecular formula is C22H41NO5. The van der Waals surface area contributed by atoms with Crippen LogP contribution < -0.4 is 5.32 Å². The summed E-state index contributed by atoms with van der Waals surface area (Å²) in [7, 11) is 0. The Hall–Kier alpha value is -1.30. The van der Waals surface area contributed by atoms with Crippen molar-refractivity contribution in [1.29, 1.82) is 0 Å². The van der Waals surface area contributed by atoms with E-state index in [1.54, 1.807) is 48.5 Å². The first kappa shape index (κ1) is 24.7. The molecule has 1 aliphatic carbocycles. The minimum atomic E-state index is -1.72. The van der Waals surface area contributed by atoms with Crippen LogP contribution in [-0.4, -0.2) is 39.5 Å². The summed E-state index contributed by atoms with van der Waals surface area (Å²) in [6, 6.07) is 0.